The highest BCUT2D eigenvalue weighted by Gasteiger charge is 2.24. The molecule has 1 fully saturated rings. The maximum Gasteiger partial charge on any atom is 0.239 e. The number of nitrogens with zero attached hydrogens (tertiary/aromatic N) is 1. The minimum atomic E-state index is -0.255. The number of hydrogen-bond donors (Lipinski definition) is 1. The molecule has 1 saturated carbocycles. The van der Waals surface area contributed by atoms with Gasteiger partial charge in [-0.25, -0.2) is 4.39 Å². The van der Waals surface area contributed by atoms with E-state index < -0.39 is 0 Å². The minimum Gasteiger partial charge on any atom is -0.354 e. The Kier molecular flexibility index (Phi) is 6.56. The molecule has 1 aliphatic carbocycles. The minimum absolute atomic E-state index is 0.0545. The van der Waals surface area contributed by atoms with Gasteiger partial charge in [0.2, 0.25) is 11.8 Å². The van der Waals surface area contributed by atoms with Crippen LogP contribution < -0.4 is 5.32 Å². The Morgan fingerprint density at radius 2 is 1.91 bits per heavy atom. The van der Waals surface area contributed by atoms with Crippen molar-refractivity contribution < 1.29 is 14.0 Å². The molecule has 1 aliphatic rings. The van der Waals surface area contributed by atoms with Crippen molar-refractivity contribution in [3.05, 3.63) is 35.6 Å². The van der Waals surface area contributed by atoms with E-state index in [0.717, 1.165) is 25.7 Å². The third-order valence-electron chi connectivity index (χ3n) is 4.41. The van der Waals surface area contributed by atoms with Gasteiger partial charge in [-0.05, 0) is 30.9 Å². The average Bonchev–Trinajstić information content (AvgIpc) is 2.55. The van der Waals surface area contributed by atoms with Crippen LogP contribution in [0.15, 0.2) is 24.3 Å². The first-order chi connectivity index (χ1) is 11.1. The van der Waals surface area contributed by atoms with Crippen molar-refractivity contribution in [3.63, 3.8) is 0 Å². The first kappa shape index (κ1) is 17.4. The van der Waals surface area contributed by atoms with Crippen LogP contribution in [0.2, 0.25) is 0 Å². The molecule has 0 spiro atoms. The number of amides is 2. The van der Waals surface area contributed by atoms with E-state index in [0.29, 0.717) is 18.5 Å². The lowest BCUT2D eigenvalue weighted by atomic mass is 9.94. The molecule has 4 nitrogen and oxygen atoms in total. The predicted octanol–water partition coefficient (Wildman–Crippen LogP) is 2.67. The fourth-order valence-corrected chi connectivity index (χ4v) is 3.14. The third-order valence-corrected chi connectivity index (χ3v) is 4.41. The van der Waals surface area contributed by atoms with E-state index in [1.807, 2.05) is 0 Å². The highest BCUT2D eigenvalue weighted by molar-refractivity contribution is 5.84. The molecule has 126 valence electrons. The van der Waals surface area contributed by atoms with Crippen LogP contribution in [0.4, 0.5) is 4.39 Å². The van der Waals surface area contributed by atoms with Crippen LogP contribution in [0.3, 0.4) is 0 Å². The zero-order valence-electron chi connectivity index (χ0n) is 13.7. The largest absolute Gasteiger partial charge is 0.354 e. The zero-order valence-corrected chi connectivity index (χ0v) is 13.7. The molecular formula is C18H25FN2O2. The number of halogens is 1. The Labute approximate surface area is 137 Å². The summed E-state index contributed by atoms with van der Waals surface area (Å²) in [6.45, 7) is 1.98. The monoisotopic (exact) mass is 320 g/mol. The fraction of sp³-hybridized carbons (Fsp3) is 0.556. The summed E-state index contributed by atoms with van der Waals surface area (Å²) < 4.78 is 13.5. The lowest BCUT2D eigenvalue weighted by molar-refractivity contribution is -0.137. The summed E-state index contributed by atoms with van der Waals surface area (Å²) in [5.41, 5.74) is 0.587. The number of rotatable bonds is 6. The Morgan fingerprint density at radius 1 is 1.22 bits per heavy atom. The topological polar surface area (TPSA) is 49.4 Å². The predicted molar refractivity (Wildman–Crippen MR) is 87.4 cm³/mol. The standard InChI is InChI=1S/C18H25FN2O2/c1-14(22)21(16-8-3-2-4-9-16)13-18(23)20-12-11-15-7-5-6-10-17(15)19/h5-7,10,16H,2-4,8-9,11-13H2,1H3,(H,20,23). The molecule has 0 bridgehead atoms. The van der Waals surface area contributed by atoms with Crippen molar-refractivity contribution in [3.8, 4) is 0 Å². The summed E-state index contributed by atoms with van der Waals surface area (Å²) in [5, 5.41) is 2.78. The summed E-state index contributed by atoms with van der Waals surface area (Å²) in [4.78, 5) is 25.6. The van der Waals surface area contributed by atoms with Gasteiger partial charge in [-0.15, -0.1) is 0 Å². The van der Waals surface area contributed by atoms with E-state index in [1.165, 1.54) is 19.4 Å². The molecule has 1 N–H and O–H groups in total. The van der Waals surface area contributed by atoms with Gasteiger partial charge in [-0.1, -0.05) is 37.5 Å². The molecule has 0 saturated heterocycles. The highest BCUT2D eigenvalue weighted by Crippen LogP contribution is 2.22. The van der Waals surface area contributed by atoms with Crippen molar-refractivity contribution in [2.45, 2.75) is 51.5 Å². The van der Waals surface area contributed by atoms with E-state index in [-0.39, 0.29) is 30.2 Å². The van der Waals surface area contributed by atoms with Gasteiger partial charge in [0.1, 0.15) is 5.82 Å². The third kappa shape index (κ3) is 5.34. The van der Waals surface area contributed by atoms with Gasteiger partial charge in [0.05, 0.1) is 6.54 Å². The lowest BCUT2D eigenvalue weighted by Gasteiger charge is -2.33. The molecule has 1 aromatic rings. The second kappa shape index (κ2) is 8.65. The Hall–Kier alpha value is -1.91. The molecular weight excluding hydrogens is 295 g/mol. The van der Waals surface area contributed by atoms with E-state index in [1.54, 1.807) is 23.1 Å². The first-order valence-electron chi connectivity index (χ1n) is 8.35. The van der Waals surface area contributed by atoms with Crippen molar-refractivity contribution >= 4 is 11.8 Å². The van der Waals surface area contributed by atoms with E-state index in [4.69, 9.17) is 0 Å². The lowest BCUT2D eigenvalue weighted by Crippen LogP contribution is -2.46. The highest BCUT2D eigenvalue weighted by atomic mass is 19.1. The molecule has 0 heterocycles. The van der Waals surface area contributed by atoms with Gasteiger partial charge < -0.3 is 10.2 Å². The summed E-state index contributed by atoms with van der Waals surface area (Å²) in [6, 6.07) is 6.73. The molecule has 2 rings (SSSR count). The number of benzene rings is 1. The second-order valence-electron chi connectivity index (χ2n) is 6.13. The number of nitrogens with one attached hydrogen (secondary N) is 1. The second-order valence-corrected chi connectivity index (χ2v) is 6.13. The summed E-state index contributed by atoms with van der Waals surface area (Å²) in [6.07, 6.45) is 5.83. The maximum absolute atomic E-state index is 13.5. The molecule has 5 heteroatoms. The molecule has 23 heavy (non-hydrogen) atoms. The van der Waals surface area contributed by atoms with Crippen LogP contribution in [0, 0.1) is 5.82 Å². The summed E-state index contributed by atoms with van der Waals surface area (Å²) in [7, 11) is 0. The van der Waals surface area contributed by atoms with E-state index in [9.17, 15) is 14.0 Å². The first-order valence-corrected chi connectivity index (χ1v) is 8.35. The molecule has 0 atom stereocenters. The van der Waals surface area contributed by atoms with Gasteiger partial charge in [-0.3, -0.25) is 9.59 Å². The zero-order chi connectivity index (χ0) is 16.7. The van der Waals surface area contributed by atoms with Crippen LogP contribution in [0.25, 0.3) is 0 Å². The summed E-state index contributed by atoms with van der Waals surface area (Å²) in [5.74, 6) is -0.488. The Balaban J connectivity index is 1.80. The van der Waals surface area contributed by atoms with E-state index in [2.05, 4.69) is 5.32 Å². The van der Waals surface area contributed by atoms with Crippen molar-refractivity contribution in [1.82, 2.24) is 10.2 Å². The van der Waals surface area contributed by atoms with Gasteiger partial charge in [0.25, 0.3) is 0 Å². The normalized spacial score (nSPS) is 15.2. The SMILES string of the molecule is CC(=O)N(CC(=O)NCCc1ccccc1F)C1CCCCC1. The van der Waals surface area contributed by atoms with Gasteiger partial charge >= 0.3 is 0 Å². The molecule has 0 aliphatic heterocycles. The maximum atomic E-state index is 13.5. The van der Waals surface area contributed by atoms with Crippen molar-refractivity contribution in [2.24, 2.45) is 0 Å². The van der Waals surface area contributed by atoms with Crippen LogP contribution in [-0.4, -0.2) is 35.8 Å². The summed E-state index contributed by atoms with van der Waals surface area (Å²) >= 11 is 0. The van der Waals surface area contributed by atoms with E-state index >= 15 is 0 Å². The van der Waals surface area contributed by atoms with Crippen LogP contribution in [0.5, 0.6) is 0 Å². The van der Waals surface area contributed by atoms with Crippen LogP contribution in [-0.2, 0) is 16.0 Å². The van der Waals surface area contributed by atoms with Crippen LogP contribution in [0.1, 0.15) is 44.6 Å². The smallest absolute Gasteiger partial charge is 0.239 e. The van der Waals surface area contributed by atoms with Crippen molar-refractivity contribution in [2.75, 3.05) is 13.1 Å². The number of hydrogen-bond acceptors (Lipinski definition) is 2. The molecule has 0 unspecified atom stereocenters. The molecule has 0 radical (unpaired) electrons. The van der Waals surface area contributed by atoms with Gasteiger partial charge in [-0.2, -0.15) is 0 Å². The quantitative estimate of drug-likeness (QED) is 0.876. The average molecular weight is 320 g/mol. The Bertz CT molecular complexity index is 542. The van der Waals surface area contributed by atoms with Gasteiger partial charge in [0, 0.05) is 19.5 Å². The molecule has 0 aromatic heterocycles. The fourth-order valence-electron chi connectivity index (χ4n) is 3.14. The molecule has 1 aromatic carbocycles. The number of carbonyl (C=O) groups excluding carboxylic acids is 2. The Morgan fingerprint density at radius 3 is 2.57 bits per heavy atom. The van der Waals surface area contributed by atoms with Crippen molar-refractivity contribution in [1.29, 1.82) is 0 Å². The van der Waals surface area contributed by atoms with Crippen LogP contribution >= 0.6 is 0 Å². The van der Waals surface area contributed by atoms with Gasteiger partial charge in [0.15, 0.2) is 0 Å². The molecule has 2 amide bonds. The number of carbonyl (C=O) groups is 2.